The predicted molar refractivity (Wildman–Crippen MR) is 78.2 cm³/mol. The summed E-state index contributed by atoms with van der Waals surface area (Å²) in [6, 6.07) is 3.75. The van der Waals surface area contributed by atoms with Gasteiger partial charge >= 0.3 is 0 Å². The maximum absolute atomic E-state index is 12.3. The molecular weight excluding hydrogens is 260 g/mol. The highest BCUT2D eigenvalue weighted by atomic mass is 32.2. The molecule has 4 nitrogen and oxygen atoms in total. The van der Waals surface area contributed by atoms with Crippen LogP contribution in [-0.4, -0.2) is 36.2 Å². The van der Waals surface area contributed by atoms with Gasteiger partial charge in [-0.3, -0.25) is 4.79 Å². The van der Waals surface area contributed by atoms with Crippen molar-refractivity contribution in [3.05, 3.63) is 23.7 Å². The number of rotatable bonds is 5. The van der Waals surface area contributed by atoms with Crippen molar-refractivity contribution in [2.45, 2.75) is 31.6 Å². The van der Waals surface area contributed by atoms with E-state index in [1.165, 1.54) is 0 Å². The summed E-state index contributed by atoms with van der Waals surface area (Å²) in [4.78, 5) is 14.2. The van der Waals surface area contributed by atoms with Crippen molar-refractivity contribution in [3.63, 3.8) is 0 Å². The minimum Gasteiger partial charge on any atom is -0.455 e. The third-order valence-corrected chi connectivity index (χ3v) is 4.17. The fraction of sp³-hybridized carbons (Fsp3) is 0.643. The quantitative estimate of drug-likeness (QED) is 0.900. The Labute approximate surface area is 118 Å². The SMILES string of the molecule is CCC[C@@H]1CN(C(=O)c2ccc(CSC)o2)C[C@H]1N. The molecule has 2 rings (SSSR count). The molecule has 1 fully saturated rings. The normalized spacial score (nSPS) is 23.0. The maximum Gasteiger partial charge on any atom is 0.289 e. The number of carbonyl (C=O) groups is 1. The highest BCUT2D eigenvalue weighted by Crippen LogP contribution is 2.23. The van der Waals surface area contributed by atoms with Crippen molar-refractivity contribution >= 4 is 17.7 Å². The van der Waals surface area contributed by atoms with Gasteiger partial charge in [0.05, 0.1) is 5.75 Å². The molecule has 0 saturated carbocycles. The summed E-state index contributed by atoms with van der Waals surface area (Å²) in [5.74, 6) is 2.49. The van der Waals surface area contributed by atoms with Crippen molar-refractivity contribution in [2.75, 3.05) is 19.3 Å². The van der Waals surface area contributed by atoms with E-state index in [0.29, 0.717) is 18.2 Å². The van der Waals surface area contributed by atoms with Crippen molar-refractivity contribution in [1.82, 2.24) is 4.90 Å². The maximum atomic E-state index is 12.3. The first kappa shape index (κ1) is 14.5. The third kappa shape index (κ3) is 3.34. The summed E-state index contributed by atoms with van der Waals surface area (Å²) in [5, 5.41) is 0. The smallest absolute Gasteiger partial charge is 0.289 e. The van der Waals surface area contributed by atoms with Gasteiger partial charge in [0.2, 0.25) is 0 Å². The van der Waals surface area contributed by atoms with Gasteiger partial charge in [0.1, 0.15) is 5.76 Å². The molecule has 0 aliphatic carbocycles. The Bertz CT molecular complexity index is 433. The van der Waals surface area contributed by atoms with E-state index in [-0.39, 0.29) is 11.9 Å². The van der Waals surface area contributed by atoms with Crippen molar-refractivity contribution in [1.29, 1.82) is 0 Å². The molecule has 0 radical (unpaired) electrons. The zero-order chi connectivity index (χ0) is 13.8. The molecule has 1 aromatic heterocycles. The number of hydrogen-bond acceptors (Lipinski definition) is 4. The molecule has 0 aromatic carbocycles. The predicted octanol–water partition coefficient (Wildman–Crippen LogP) is 2.34. The lowest BCUT2D eigenvalue weighted by Gasteiger charge is -2.14. The third-order valence-electron chi connectivity index (χ3n) is 3.60. The van der Waals surface area contributed by atoms with E-state index in [1.807, 2.05) is 17.2 Å². The van der Waals surface area contributed by atoms with Crippen LogP contribution in [0.3, 0.4) is 0 Å². The minimum atomic E-state index is -0.0265. The molecule has 0 bridgehead atoms. The van der Waals surface area contributed by atoms with Gasteiger partial charge in [0.15, 0.2) is 5.76 Å². The summed E-state index contributed by atoms with van der Waals surface area (Å²) in [5.41, 5.74) is 6.10. The van der Waals surface area contributed by atoms with Crippen molar-refractivity contribution < 1.29 is 9.21 Å². The molecule has 0 unspecified atom stereocenters. The molecule has 1 amide bonds. The summed E-state index contributed by atoms with van der Waals surface area (Å²) >= 11 is 1.68. The minimum absolute atomic E-state index is 0.0265. The Morgan fingerprint density at radius 2 is 2.32 bits per heavy atom. The molecule has 1 aliphatic rings. The Morgan fingerprint density at radius 1 is 1.53 bits per heavy atom. The van der Waals surface area contributed by atoms with Gasteiger partial charge < -0.3 is 15.1 Å². The van der Waals surface area contributed by atoms with Gasteiger partial charge in [0.25, 0.3) is 5.91 Å². The summed E-state index contributed by atoms with van der Waals surface area (Å²) in [7, 11) is 0. The Kier molecular flexibility index (Phi) is 4.93. The Hall–Kier alpha value is -0.940. The summed E-state index contributed by atoms with van der Waals surface area (Å²) < 4.78 is 5.58. The highest BCUT2D eigenvalue weighted by Gasteiger charge is 2.33. The first-order chi connectivity index (χ1) is 9.15. The van der Waals surface area contributed by atoms with E-state index < -0.39 is 0 Å². The number of nitrogens with zero attached hydrogens (tertiary/aromatic N) is 1. The molecule has 1 saturated heterocycles. The second-order valence-electron chi connectivity index (χ2n) is 5.12. The lowest BCUT2D eigenvalue weighted by atomic mass is 9.99. The van der Waals surface area contributed by atoms with Gasteiger partial charge in [0, 0.05) is 19.1 Å². The van der Waals surface area contributed by atoms with Gasteiger partial charge in [-0.15, -0.1) is 0 Å². The average Bonchev–Trinajstić information content (AvgIpc) is 2.98. The Morgan fingerprint density at radius 3 is 3.00 bits per heavy atom. The molecule has 2 atom stereocenters. The number of likely N-dealkylation sites (tertiary alicyclic amines) is 1. The molecule has 5 heteroatoms. The first-order valence-corrected chi connectivity index (χ1v) is 8.17. The van der Waals surface area contributed by atoms with Crippen LogP contribution in [0.25, 0.3) is 0 Å². The zero-order valence-electron chi connectivity index (χ0n) is 11.6. The van der Waals surface area contributed by atoms with E-state index in [9.17, 15) is 4.79 Å². The largest absolute Gasteiger partial charge is 0.455 e. The van der Waals surface area contributed by atoms with E-state index in [2.05, 4.69) is 6.92 Å². The number of nitrogens with two attached hydrogens (primary N) is 1. The molecule has 2 N–H and O–H groups in total. The fourth-order valence-electron chi connectivity index (χ4n) is 2.61. The molecule has 1 aromatic rings. The summed E-state index contributed by atoms with van der Waals surface area (Å²) in [6.45, 7) is 3.55. The van der Waals surface area contributed by atoms with E-state index in [1.54, 1.807) is 17.8 Å². The van der Waals surface area contributed by atoms with Crippen LogP contribution in [-0.2, 0) is 5.75 Å². The molecule has 0 spiro atoms. The van der Waals surface area contributed by atoms with E-state index >= 15 is 0 Å². The summed E-state index contributed by atoms with van der Waals surface area (Å²) in [6.07, 6.45) is 4.21. The number of thioether (sulfide) groups is 1. The number of amides is 1. The van der Waals surface area contributed by atoms with Crippen LogP contribution < -0.4 is 5.73 Å². The van der Waals surface area contributed by atoms with Crippen molar-refractivity contribution in [3.8, 4) is 0 Å². The van der Waals surface area contributed by atoms with Crippen LogP contribution in [0.4, 0.5) is 0 Å². The van der Waals surface area contributed by atoms with Crippen LogP contribution in [0.2, 0.25) is 0 Å². The van der Waals surface area contributed by atoms with Crippen LogP contribution >= 0.6 is 11.8 Å². The van der Waals surface area contributed by atoms with Crippen LogP contribution in [0.5, 0.6) is 0 Å². The monoisotopic (exact) mass is 282 g/mol. The molecule has 2 heterocycles. The topological polar surface area (TPSA) is 59.5 Å². The number of carbonyl (C=O) groups excluding carboxylic acids is 1. The van der Waals surface area contributed by atoms with Crippen LogP contribution in [0.1, 0.15) is 36.1 Å². The standard InChI is InChI=1S/C14H22N2O2S/c1-3-4-10-7-16(8-12(10)15)14(17)13-6-5-11(18-13)9-19-2/h5-6,10,12H,3-4,7-9,15H2,1-2H3/t10-,12-/m1/s1. The lowest BCUT2D eigenvalue weighted by Crippen LogP contribution is -2.32. The Balaban J connectivity index is 1.99. The average molecular weight is 282 g/mol. The fourth-order valence-corrected chi connectivity index (χ4v) is 3.05. The molecule has 106 valence electrons. The van der Waals surface area contributed by atoms with Gasteiger partial charge in [-0.1, -0.05) is 13.3 Å². The second-order valence-corrected chi connectivity index (χ2v) is 5.99. The lowest BCUT2D eigenvalue weighted by molar-refractivity contribution is 0.0752. The van der Waals surface area contributed by atoms with Gasteiger partial charge in [-0.05, 0) is 30.7 Å². The second kappa shape index (κ2) is 6.48. The first-order valence-electron chi connectivity index (χ1n) is 6.78. The number of hydrogen-bond donors (Lipinski definition) is 1. The molecule has 1 aliphatic heterocycles. The van der Waals surface area contributed by atoms with E-state index in [4.69, 9.17) is 10.2 Å². The highest BCUT2D eigenvalue weighted by molar-refractivity contribution is 7.97. The number of furan rings is 1. The van der Waals surface area contributed by atoms with E-state index in [0.717, 1.165) is 30.9 Å². The van der Waals surface area contributed by atoms with Crippen molar-refractivity contribution in [2.24, 2.45) is 11.7 Å². The zero-order valence-corrected chi connectivity index (χ0v) is 12.4. The van der Waals surface area contributed by atoms with Gasteiger partial charge in [-0.25, -0.2) is 0 Å². The van der Waals surface area contributed by atoms with Crippen LogP contribution in [0, 0.1) is 5.92 Å². The molecular formula is C14H22N2O2S. The van der Waals surface area contributed by atoms with Crippen LogP contribution in [0.15, 0.2) is 16.5 Å². The van der Waals surface area contributed by atoms with Gasteiger partial charge in [-0.2, -0.15) is 11.8 Å². The molecule has 19 heavy (non-hydrogen) atoms.